The Balaban J connectivity index is 2.43. The second kappa shape index (κ2) is 8.98. The number of rotatable bonds is 9. The van der Waals surface area contributed by atoms with Crippen LogP contribution in [0.25, 0.3) is 0 Å². The highest BCUT2D eigenvalue weighted by atomic mass is 16.5. The number of ether oxygens (including phenoxy) is 1. The summed E-state index contributed by atoms with van der Waals surface area (Å²) in [5.74, 6) is 0.997. The maximum atomic E-state index is 5.92. The van der Waals surface area contributed by atoms with Gasteiger partial charge in [-0.15, -0.1) is 0 Å². The molecule has 0 amide bonds. The standard InChI is InChI=1S/C17H29NO/c1-5-16(6-2)19-17-12-10-15(11-13-17)9-8-14(4)18-7-3/h10-14,16,18H,5-9H2,1-4H3. The molecule has 0 bridgehead atoms. The molecule has 1 unspecified atom stereocenters. The Morgan fingerprint density at radius 2 is 1.68 bits per heavy atom. The van der Waals surface area contributed by atoms with Crippen LogP contribution in [0.1, 0.15) is 52.5 Å². The molecule has 0 saturated heterocycles. The molecule has 19 heavy (non-hydrogen) atoms. The minimum Gasteiger partial charge on any atom is -0.490 e. The van der Waals surface area contributed by atoms with Gasteiger partial charge in [0.1, 0.15) is 5.75 Å². The smallest absolute Gasteiger partial charge is 0.119 e. The van der Waals surface area contributed by atoms with Gasteiger partial charge in [0.05, 0.1) is 6.10 Å². The van der Waals surface area contributed by atoms with E-state index in [9.17, 15) is 0 Å². The van der Waals surface area contributed by atoms with E-state index in [1.54, 1.807) is 0 Å². The van der Waals surface area contributed by atoms with Crippen LogP contribution < -0.4 is 10.1 Å². The SMILES string of the molecule is CCNC(C)CCc1ccc(OC(CC)CC)cc1. The third kappa shape index (κ3) is 6.11. The third-order valence-electron chi connectivity index (χ3n) is 3.56. The van der Waals surface area contributed by atoms with Gasteiger partial charge in [-0.2, -0.15) is 0 Å². The van der Waals surface area contributed by atoms with E-state index in [1.165, 1.54) is 12.0 Å². The lowest BCUT2D eigenvalue weighted by Gasteiger charge is -2.16. The van der Waals surface area contributed by atoms with Gasteiger partial charge < -0.3 is 10.1 Å². The average molecular weight is 263 g/mol. The van der Waals surface area contributed by atoms with Crippen molar-refractivity contribution in [3.8, 4) is 5.75 Å². The van der Waals surface area contributed by atoms with Crippen molar-refractivity contribution >= 4 is 0 Å². The van der Waals surface area contributed by atoms with Crippen LogP contribution in [0.15, 0.2) is 24.3 Å². The topological polar surface area (TPSA) is 21.3 Å². The lowest BCUT2D eigenvalue weighted by molar-refractivity contribution is 0.193. The molecule has 2 nitrogen and oxygen atoms in total. The summed E-state index contributed by atoms with van der Waals surface area (Å²) in [5.41, 5.74) is 1.39. The first kappa shape index (κ1) is 16.0. The molecule has 0 aromatic heterocycles. The highest BCUT2D eigenvalue weighted by Gasteiger charge is 2.05. The fraction of sp³-hybridized carbons (Fsp3) is 0.647. The second-order valence-corrected chi connectivity index (χ2v) is 5.20. The van der Waals surface area contributed by atoms with Crippen LogP contribution in [0.3, 0.4) is 0 Å². The molecule has 0 heterocycles. The van der Waals surface area contributed by atoms with Crippen LogP contribution in [-0.4, -0.2) is 18.7 Å². The monoisotopic (exact) mass is 263 g/mol. The van der Waals surface area contributed by atoms with E-state index in [2.05, 4.69) is 57.3 Å². The lowest BCUT2D eigenvalue weighted by atomic mass is 10.1. The van der Waals surface area contributed by atoms with E-state index in [-0.39, 0.29) is 0 Å². The Hall–Kier alpha value is -1.02. The Morgan fingerprint density at radius 1 is 1.05 bits per heavy atom. The molecule has 2 heteroatoms. The zero-order chi connectivity index (χ0) is 14.1. The number of hydrogen-bond donors (Lipinski definition) is 1. The van der Waals surface area contributed by atoms with Gasteiger partial charge >= 0.3 is 0 Å². The molecule has 0 aliphatic carbocycles. The van der Waals surface area contributed by atoms with E-state index in [0.29, 0.717) is 12.1 Å². The van der Waals surface area contributed by atoms with Crippen LogP contribution in [0.4, 0.5) is 0 Å². The van der Waals surface area contributed by atoms with Gasteiger partial charge in [0.25, 0.3) is 0 Å². The summed E-state index contributed by atoms with van der Waals surface area (Å²) in [6.45, 7) is 9.78. The predicted octanol–water partition coefficient (Wildman–Crippen LogP) is 4.18. The van der Waals surface area contributed by atoms with Crippen molar-refractivity contribution in [1.82, 2.24) is 5.32 Å². The van der Waals surface area contributed by atoms with Crippen molar-refractivity contribution in [3.05, 3.63) is 29.8 Å². The molecule has 0 fully saturated rings. The lowest BCUT2D eigenvalue weighted by Crippen LogP contribution is -2.25. The molecule has 0 saturated carbocycles. The van der Waals surface area contributed by atoms with Gasteiger partial charge in [-0.05, 0) is 56.8 Å². The highest BCUT2D eigenvalue weighted by Crippen LogP contribution is 2.17. The van der Waals surface area contributed by atoms with Gasteiger partial charge in [0.15, 0.2) is 0 Å². The molecule has 0 aliphatic heterocycles. The van der Waals surface area contributed by atoms with Crippen LogP contribution in [-0.2, 0) is 6.42 Å². The van der Waals surface area contributed by atoms with Crippen molar-refractivity contribution < 1.29 is 4.74 Å². The molecule has 1 rings (SSSR count). The Labute approximate surface area is 118 Å². The summed E-state index contributed by atoms with van der Waals surface area (Å²) >= 11 is 0. The van der Waals surface area contributed by atoms with Crippen LogP contribution in [0.5, 0.6) is 5.75 Å². The second-order valence-electron chi connectivity index (χ2n) is 5.20. The number of nitrogens with one attached hydrogen (secondary N) is 1. The molecular weight excluding hydrogens is 234 g/mol. The molecule has 1 atom stereocenters. The zero-order valence-corrected chi connectivity index (χ0v) is 12.9. The van der Waals surface area contributed by atoms with Crippen LogP contribution in [0, 0.1) is 0 Å². The first-order valence-corrected chi connectivity index (χ1v) is 7.68. The molecule has 108 valence electrons. The first-order chi connectivity index (χ1) is 9.19. The molecule has 0 aliphatic rings. The molecule has 1 aromatic carbocycles. The average Bonchev–Trinajstić information content (AvgIpc) is 2.44. The first-order valence-electron chi connectivity index (χ1n) is 7.68. The maximum absolute atomic E-state index is 5.92. The molecule has 0 spiro atoms. The van der Waals surface area contributed by atoms with E-state index in [1.807, 2.05) is 0 Å². The van der Waals surface area contributed by atoms with E-state index < -0.39 is 0 Å². The van der Waals surface area contributed by atoms with E-state index in [0.717, 1.165) is 31.6 Å². The van der Waals surface area contributed by atoms with Crippen molar-refractivity contribution in [3.63, 3.8) is 0 Å². The maximum Gasteiger partial charge on any atom is 0.119 e. The van der Waals surface area contributed by atoms with Crippen molar-refractivity contribution in [2.45, 2.75) is 65.5 Å². The van der Waals surface area contributed by atoms with Crippen LogP contribution >= 0.6 is 0 Å². The molecule has 0 radical (unpaired) electrons. The summed E-state index contributed by atoms with van der Waals surface area (Å²) in [7, 11) is 0. The summed E-state index contributed by atoms with van der Waals surface area (Å²) in [5, 5.41) is 3.44. The minimum atomic E-state index is 0.347. The van der Waals surface area contributed by atoms with Crippen molar-refractivity contribution in [1.29, 1.82) is 0 Å². The van der Waals surface area contributed by atoms with E-state index in [4.69, 9.17) is 4.74 Å². The van der Waals surface area contributed by atoms with Gasteiger partial charge in [0.2, 0.25) is 0 Å². The summed E-state index contributed by atoms with van der Waals surface area (Å²) in [4.78, 5) is 0. The van der Waals surface area contributed by atoms with Gasteiger partial charge in [-0.3, -0.25) is 0 Å². The summed E-state index contributed by atoms with van der Waals surface area (Å²) in [6, 6.07) is 9.18. The quantitative estimate of drug-likeness (QED) is 0.721. The Morgan fingerprint density at radius 3 is 2.21 bits per heavy atom. The molecule has 1 N–H and O–H groups in total. The van der Waals surface area contributed by atoms with Gasteiger partial charge in [0, 0.05) is 6.04 Å². The Kier molecular flexibility index (Phi) is 7.57. The number of hydrogen-bond acceptors (Lipinski definition) is 2. The molecular formula is C17H29NO. The fourth-order valence-corrected chi connectivity index (χ4v) is 2.22. The fourth-order valence-electron chi connectivity index (χ4n) is 2.22. The normalized spacial score (nSPS) is 12.7. The third-order valence-corrected chi connectivity index (χ3v) is 3.56. The van der Waals surface area contributed by atoms with Crippen molar-refractivity contribution in [2.75, 3.05) is 6.54 Å². The predicted molar refractivity (Wildman–Crippen MR) is 82.9 cm³/mol. The minimum absolute atomic E-state index is 0.347. The van der Waals surface area contributed by atoms with Crippen molar-refractivity contribution in [2.24, 2.45) is 0 Å². The molecule has 1 aromatic rings. The zero-order valence-electron chi connectivity index (χ0n) is 12.9. The van der Waals surface area contributed by atoms with E-state index >= 15 is 0 Å². The Bertz CT molecular complexity index is 330. The number of aryl methyl sites for hydroxylation is 1. The van der Waals surface area contributed by atoms with Gasteiger partial charge in [-0.1, -0.05) is 32.9 Å². The largest absolute Gasteiger partial charge is 0.490 e. The van der Waals surface area contributed by atoms with Crippen LogP contribution in [0.2, 0.25) is 0 Å². The van der Waals surface area contributed by atoms with Gasteiger partial charge in [-0.25, -0.2) is 0 Å². The highest BCUT2D eigenvalue weighted by molar-refractivity contribution is 5.27. The summed E-state index contributed by atoms with van der Waals surface area (Å²) < 4.78 is 5.92. The number of benzene rings is 1. The summed E-state index contributed by atoms with van der Waals surface area (Å²) in [6.07, 6.45) is 4.79.